The quantitative estimate of drug-likeness (QED) is 0.562. The molecule has 2 fully saturated rings. The van der Waals surface area contributed by atoms with Crippen molar-refractivity contribution in [2.24, 2.45) is 0 Å². The Morgan fingerprint density at radius 3 is 2.74 bits per heavy atom. The molecular weight excluding hydrogens is 461 g/mol. The number of H-pyrrole nitrogens is 1. The van der Waals surface area contributed by atoms with E-state index in [2.05, 4.69) is 37.1 Å². The van der Waals surface area contributed by atoms with Crippen molar-refractivity contribution >= 4 is 23.5 Å². The molecule has 3 aromatic heterocycles. The molecule has 35 heavy (non-hydrogen) atoms. The van der Waals surface area contributed by atoms with Gasteiger partial charge >= 0.3 is 6.18 Å². The summed E-state index contributed by atoms with van der Waals surface area (Å²) in [6.07, 6.45) is 2.36. The summed E-state index contributed by atoms with van der Waals surface area (Å²) in [5.41, 5.74) is 0.378. The molecule has 1 amide bonds. The first-order chi connectivity index (χ1) is 16.8. The Labute approximate surface area is 199 Å². The summed E-state index contributed by atoms with van der Waals surface area (Å²) in [5.74, 6) is 0.789. The van der Waals surface area contributed by atoms with Crippen LogP contribution in [0.15, 0.2) is 36.9 Å². The summed E-state index contributed by atoms with van der Waals surface area (Å²) in [6, 6.07) is 3.88. The Morgan fingerprint density at radius 2 is 2.03 bits per heavy atom. The summed E-state index contributed by atoms with van der Waals surface area (Å²) < 4.78 is 39.5. The van der Waals surface area contributed by atoms with Crippen LogP contribution in [0.5, 0.6) is 0 Å². The monoisotopic (exact) mass is 486 g/mol. The van der Waals surface area contributed by atoms with Crippen LogP contribution >= 0.6 is 0 Å². The van der Waals surface area contributed by atoms with Crippen molar-refractivity contribution in [2.45, 2.75) is 44.3 Å². The van der Waals surface area contributed by atoms with E-state index in [-0.39, 0.29) is 23.7 Å². The highest BCUT2D eigenvalue weighted by Crippen LogP contribution is 2.33. The van der Waals surface area contributed by atoms with Gasteiger partial charge in [0.1, 0.15) is 17.3 Å². The van der Waals surface area contributed by atoms with Crippen LogP contribution in [0, 0.1) is 0 Å². The summed E-state index contributed by atoms with van der Waals surface area (Å²) >= 11 is 0. The first-order valence-electron chi connectivity index (χ1n) is 11.5. The number of anilines is 3. The van der Waals surface area contributed by atoms with E-state index in [0.29, 0.717) is 37.0 Å². The van der Waals surface area contributed by atoms with E-state index >= 15 is 0 Å². The lowest BCUT2D eigenvalue weighted by Crippen LogP contribution is -2.30. The van der Waals surface area contributed by atoms with Crippen LogP contribution in [0.3, 0.4) is 0 Å². The molecular formula is C23H25F3N8O. The van der Waals surface area contributed by atoms with E-state index in [0.717, 1.165) is 43.4 Å². The van der Waals surface area contributed by atoms with Crippen LogP contribution in [0.25, 0.3) is 0 Å². The van der Waals surface area contributed by atoms with Crippen LogP contribution in [0.1, 0.15) is 53.8 Å². The smallest absolute Gasteiger partial charge is 0.341 e. The molecule has 3 aromatic rings. The second kappa shape index (κ2) is 9.16. The zero-order valence-corrected chi connectivity index (χ0v) is 19.1. The molecule has 0 spiro atoms. The number of aromatic nitrogens is 5. The number of carbonyl (C=O) groups is 1. The third-order valence-electron chi connectivity index (χ3n) is 6.51. The minimum atomic E-state index is -4.47. The Kier molecular flexibility index (Phi) is 6.03. The molecule has 2 unspecified atom stereocenters. The zero-order valence-electron chi connectivity index (χ0n) is 19.1. The van der Waals surface area contributed by atoms with Gasteiger partial charge in [-0.05, 0) is 38.3 Å². The second-order valence-corrected chi connectivity index (χ2v) is 8.92. The maximum Gasteiger partial charge on any atom is 0.416 e. The predicted molar refractivity (Wildman–Crippen MR) is 122 cm³/mol. The lowest BCUT2D eigenvalue weighted by Gasteiger charge is -2.23. The van der Waals surface area contributed by atoms with Gasteiger partial charge in [0.25, 0.3) is 5.91 Å². The van der Waals surface area contributed by atoms with E-state index in [4.69, 9.17) is 4.98 Å². The number of nitrogens with one attached hydrogen (secondary N) is 2. The number of nitrogens with zero attached hydrogens (tertiary/aromatic N) is 6. The Balaban J connectivity index is 1.43. The number of carbonyl (C=O) groups excluding carboxylic acids is 1. The summed E-state index contributed by atoms with van der Waals surface area (Å²) in [4.78, 5) is 36.8. The number of aromatic amines is 1. The normalized spacial score (nSPS) is 20.5. The number of halogens is 3. The average molecular weight is 487 g/mol. The number of imidazole rings is 1. The molecule has 2 N–H and O–H groups in total. The number of rotatable bonds is 5. The average Bonchev–Trinajstić information content (AvgIpc) is 3.60. The Hall–Kier alpha value is -3.70. The maximum absolute atomic E-state index is 13.2. The van der Waals surface area contributed by atoms with Gasteiger partial charge in [-0.1, -0.05) is 0 Å². The molecule has 12 heteroatoms. The van der Waals surface area contributed by atoms with Gasteiger partial charge in [-0.3, -0.25) is 4.79 Å². The lowest BCUT2D eigenvalue weighted by molar-refractivity contribution is -0.137. The molecule has 0 saturated carbocycles. The van der Waals surface area contributed by atoms with Crippen molar-refractivity contribution in [3.05, 3.63) is 53.9 Å². The largest absolute Gasteiger partial charge is 0.416 e. The van der Waals surface area contributed by atoms with Crippen molar-refractivity contribution in [3.8, 4) is 0 Å². The second-order valence-electron chi connectivity index (χ2n) is 8.92. The van der Waals surface area contributed by atoms with Gasteiger partial charge in [0, 0.05) is 43.9 Å². The van der Waals surface area contributed by atoms with Gasteiger partial charge in [0.2, 0.25) is 5.95 Å². The molecule has 2 atom stereocenters. The topological polar surface area (TPSA) is 103 Å². The minimum absolute atomic E-state index is 0.0310. The van der Waals surface area contributed by atoms with E-state index in [1.54, 1.807) is 11.0 Å². The van der Waals surface area contributed by atoms with Gasteiger partial charge in [-0.2, -0.15) is 18.2 Å². The third kappa shape index (κ3) is 4.91. The molecule has 5 heterocycles. The number of hydrogen-bond acceptors (Lipinski definition) is 7. The van der Waals surface area contributed by atoms with E-state index < -0.39 is 11.7 Å². The Morgan fingerprint density at radius 1 is 1.17 bits per heavy atom. The van der Waals surface area contributed by atoms with Crippen molar-refractivity contribution in [3.63, 3.8) is 0 Å². The highest BCUT2D eigenvalue weighted by atomic mass is 19.4. The summed E-state index contributed by atoms with van der Waals surface area (Å²) in [6.45, 7) is 3.96. The van der Waals surface area contributed by atoms with Crippen molar-refractivity contribution < 1.29 is 18.0 Å². The van der Waals surface area contributed by atoms with Gasteiger partial charge in [0.15, 0.2) is 0 Å². The fraction of sp³-hybridized carbons (Fsp3) is 0.435. The van der Waals surface area contributed by atoms with Crippen LogP contribution in [-0.2, 0) is 6.18 Å². The van der Waals surface area contributed by atoms with Crippen molar-refractivity contribution in [2.75, 3.05) is 29.9 Å². The molecule has 5 rings (SSSR count). The van der Waals surface area contributed by atoms with Crippen LogP contribution in [0.2, 0.25) is 0 Å². The summed E-state index contributed by atoms with van der Waals surface area (Å²) in [5, 5.41) is 2.93. The van der Waals surface area contributed by atoms with Gasteiger partial charge in [-0.25, -0.2) is 15.0 Å². The number of amides is 1. The van der Waals surface area contributed by atoms with Crippen LogP contribution < -0.4 is 10.2 Å². The number of likely N-dealkylation sites (tertiary alicyclic amines) is 1. The molecule has 2 aliphatic heterocycles. The third-order valence-corrected chi connectivity index (χ3v) is 6.51. The molecule has 0 aliphatic carbocycles. The molecule has 2 aliphatic rings. The molecule has 0 aromatic carbocycles. The Bertz CT molecular complexity index is 1200. The highest BCUT2D eigenvalue weighted by Gasteiger charge is 2.32. The van der Waals surface area contributed by atoms with Crippen molar-refractivity contribution in [1.29, 1.82) is 0 Å². The minimum Gasteiger partial charge on any atom is -0.341 e. The maximum atomic E-state index is 13.2. The first kappa shape index (κ1) is 23.1. The zero-order chi connectivity index (χ0) is 24.6. The van der Waals surface area contributed by atoms with Crippen LogP contribution in [0.4, 0.5) is 30.8 Å². The van der Waals surface area contributed by atoms with Crippen molar-refractivity contribution in [1.82, 2.24) is 29.8 Å². The van der Waals surface area contributed by atoms with E-state index in [1.165, 1.54) is 12.5 Å². The predicted octanol–water partition coefficient (Wildman–Crippen LogP) is 3.98. The van der Waals surface area contributed by atoms with Gasteiger partial charge < -0.3 is 20.1 Å². The lowest BCUT2D eigenvalue weighted by atomic mass is 10.0. The van der Waals surface area contributed by atoms with E-state index in [1.807, 2.05) is 0 Å². The SMILES string of the molecule is CC1CCCN1c1nc(Nc2cc(C(F)(F)F)ccn2)cc(C2CCN(C(=O)c3cnc[nH]3)C2)n1. The molecule has 0 bridgehead atoms. The number of pyridine rings is 1. The highest BCUT2D eigenvalue weighted by molar-refractivity contribution is 5.92. The first-order valence-corrected chi connectivity index (χ1v) is 11.5. The fourth-order valence-electron chi connectivity index (χ4n) is 4.62. The molecule has 0 radical (unpaired) electrons. The molecule has 184 valence electrons. The van der Waals surface area contributed by atoms with Crippen LogP contribution in [-0.4, -0.2) is 61.4 Å². The molecule has 2 saturated heterocycles. The van der Waals surface area contributed by atoms with E-state index in [9.17, 15) is 18.0 Å². The molecule has 9 nitrogen and oxygen atoms in total. The number of hydrogen-bond donors (Lipinski definition) is 2. The fourth-order valence-corrected chi connectivity index (χ4v) is 4.62. The van der Waals surface area contributed by atoms with Gasteiger partial charge in [-0.15, -0.1) is 0 Å². The summed E-state index contributed by atoms with van der Waals surface area (Å²) in [7, 11) is 0. The number of alkyl halides is 3. The van der Waals surface area contributed by atoms with Gasteiger partial charge in [0.05, 0.1) is 23.8 Å². The standard InChI is InChI=1S/C23H25F3N8O/c1-14-3-2-7-34(14)22-30-17(15-5-8-33(12-15)21(35)18-11-27-13-29-18)10-20(32-22)31-19-9-16(4-6-28-19)23(24,25)26/h4,6,9-11,13-15H,2-3,5,7-8,12H2,1H3,(H,27,29)(H,28,30,31,32).